The number of piperidine rings is 1. The van der Waals surface area contributed by atoms with Crippen LogP contribution in [0, 0.1) is 0 Å². The summed E-state index contributed by atoms with van der Waals surface area (Å²) in [5, 5.41) is 2.97. The maximum Gasteiger partial charge on any atom is 0.221 e. The molecular formula is C11H23N3O. The summed E-state index contributed by atoms with van der Waals surface area (Å²) in [4.78, 5) is 13.7. The number of carbonyl (C=O) groups excluding carboxylic acids is 1. The molecule has 1 aliphatic rings. The van der Waals surface area contributed by atoms with Gasteiger partial charge in [-0.2, -0.15) is 0 Å². The van der Waals surface area contributed by atoms with Crippen LogP contribution in [0.25, 0.3) is 0 Å². The van der Waals surface area contributed by atoms with Crippen molar-refractivity contribution in [3.63, 3.8) is 0 Å². The van der Waals surface area contributed by atoms with Crippen LogP contribution in [-0.2, 0) is 4.79 Å². The number of carbonyl (C=O) groups is 1. The average Bonchev–Trinajstić information content (AvgIpc) is 2.19. The van der Waals surface area contributed by atoms with Gasteiger partial charge in [-0.1, -0.05) is 6.42 Å². The number of nitrogens with zero attached hydrogens (tertiary/aromatic N) is 1. The molecule has 0 saturated carbocycles. The molecule has 1 fully saturated rings. The van der Waals surface area contributed by atoms with Crippen LogP contribution in [-0.4, -0.2) is 43.0 Å². The summed E-state index contributed by atoms with van der Waals surface area (Å²) in [5.41, 5.74) is 5.32. The first-order valence-corrected chi connectivity index (χ1v) is 5.94. The van der Waals surface area contributed by atoms with Crippen molar-refractivity contribution in [1.82, 2.24) is 10.2 Å². The SMILES string of the molecule is CC(CN1CCCCC1)NC(=O)CCN. The summed E-state index contributed by atoms with van der Waals surface area (Å²) in [7, 11) is 0. The van der Waals surface area contributed by atoms with Gasteiger partial charge in [0, 0.05) is 25.6 Å². The zero-order chi connectivity index (χ0) is 11.1. The number of likely N-dealkylation sites (tertiary alicyclic amines) is 1. The van der Waals surface area contributed by atoms with E-state index in [0.717, 1.165) is 6.54 Å². The molecule has 4 heteroatoms. The molecule has 0 aromatic carbocycles. The molecule has 1 heterocycles. The first-order valence-electron chi connectivity index (χ1n) is 5.94. The minimum atomic E-state index is 0.0713. The summed E-state index contributed by atoms with van der Waals surface area (Å²) < 4.78 is 0. The fourth-order valence-corrected chi connectivity index (χ4v) is 2.05. The van der Waals surface area contributed by atoms with Crippen molar-refractivity contribution in [3.8, 4) is 0 Å². The molecule has 0 aliphatic carbocycles. The van der Waals surface area contributed by atoms with Gasteiger partial charge in [0.15, 0.2) is 0 Å². The van der Waals surface area contributed by atoms with Gasteiger partial charge >= 0.3 is 0 Å². The molecule has 0 aromatic heterocycles. The third-order valence-corrected chi connectivity index (χ3v) is 2.76. The molecule has 1 amide bonds. The summed E-state index contributed by atoms with van der Waals surface area (Å²) in [6, 6.07) is 0.238. The molecule has 1 aliphatic heterocycles. The van der Waals surface area contributed by atoms with Crippen molar-refractivity contribution in [2.75, 3.05) is 26.2 Å². The first-order chi connectivity index (χ1) is 7.22. The number of rotatable bonds is 5. The van der Waals surface area contributed by atoms with Crippen LogP contribution in [0.15, 0.2) is 0 Å². The lowest BCUT2D eigenvalue weighted by molar-refractivity contribution is -0.121. The van der Waals surface area contributed by atoms with Crippen LogP contribution in [0.1, 0.15) is 32.6 Å². The maximum absolute atomic E-state index is 11.3. The highest BCUT2D eigenvalue weighted by Gasteiger charge is 2.14. The van der Waals surface area contributed by atoms with Crippen LogP contribution >= 0.6 is 0 Å². The second kappa shape index (κ2) is 6.80. The Bertz CT molecular complexity index is 190. The van der Waals surface area contributed by atoms with Crippen molar-refractivity contribution in [2.45, 2.75) is 38.6 Å². The monoisotopic (exact) mass is 213 g/mol. The van der Waals surface area contributed by atoms with E-state index < -0.39 is 0 Å². The van der Waals surface area contributed by atoms with Gasteiger partial charge in [-0.05, 0) is 32.9 Å². The Morgan fingerprint density at radius 3 is 2.67 bits per heavy atom. The Morgan fingerprint density at radius 2 is 2.07 bits per heavy atom. The Morgan fingerprint density at radius 1 is 1.40 bits per heavy atom. The molecule has 88 valence electrons. The van der Waals surface area contributed by atoms with Gasteiger partial charge in [0.2, 0.25) is 5.91 Å². The summed E-state index contributed by atoms with van der Waals surface area (Å²) in [6.07, 6.45) is 4.38. The van der Waals surface area contributed by atoms with Crippen LogP contribution in [0.4, 0.5) is 0 Å². The molecule has 1 saturated heterocycles. The number of nitrogens with two attached hydrogens (primary N) is 1. The lowest BCUT2D eigenvalue weighted by Crippen LogP contribution is -2.44. The van der Waals surface area contributed by atoms with E-state index in [1.165, 1.54) is 32.4 Å². The fraction of sp³-hybridized carbons (Fsp3) is 0.909. The summed E-state index contributed by atoms with van der Waals surface area (Å²) >= 11 is 0. The minimum Gasteiger partial charge on any atom is -0.352 e. The molecule has 1 rings (SSSR count). The third kappa shape index (κ3) is 5.14. The lowest BCUT2D eigenvalue weighted by Gasteiger charge is -2.29. The topological polar surface area (TPSA) is 58.4 Å². The zero-order valence-electron chi connectivity index (χ0n) is 9.67. The molecule has 15 heavy (non-hydrogen) atoms. The molecule has 0 aromatic rings. The number of nitrogens with one attached hydrogen (secondary N) is 1. The van der Waals surface area contributed by atoms with E-state index in [1.54, 1.807) is 0 Å². The van der Waals surface area contributed by atoms with Gasteiger partial charge in [-0.15, -0.1) is 0 Å². The van der Waals surface area contributed by atoms with Crippen LogP contribution < -0.4 is 11.1 Å². The van der Waals surface area contributed by atoms with Gasteiger partial charge < -0.3 is 16.0 Å². The largest absolute Gasteiger partial charge is 0.352 e. The van der Waals surface area contributed by atoms with Crippen molar-refractivity contribution in [3.05, 3.63) is 0 Å². The molecule has 3 N–H and O–H groups in total. The normalized spacial score (nSPS) is 19.9. The van der Waals surface area contributed by atoms with Crippen LogP contribution in [0.5, 0.6) is 0 Å². The smallest absolute Gasteiger partial charge is 0.221 e. The van der Waals surface area contributed by atoms with Crippen LogP contribution in [0.3, 0.4) is 0 Å². The highest BCUT2D eigenvalue weighted by atomic mass is 16.1. The summed E-state index contributed by atoms with van der Waals surface area (Å²) in [5.74, 6) is 0.0713. The predicted molar refractivity (Wildman–Crippen MR) is 61.6 cm³/mol. The highest BCUT2D eigenvalue weighted by molar-refractivity contribution is 5.76. The first kappa shape index (κ1) is 12.5. The maximum atomic E-state index is 11.3. The van der Waals surface area contributed by atoms with Gasteiger partial charge in [0.05, 0.1) is 0 Å². The van der Waals surface area contributed by atoms with Gasteiger partial charge in [0.25, 0.3) is 0 Å². The number of amides is 1. The van der Waals surface area contributed by atoms with Crippen molar-refractivity contribution < 1.29 is 4.79 Å². The third-order valence-electron chi connectivity index (χ3n) is 2.76. The molecule has 4 nitrogen and oxygen atoms in total. The second-order valence-electron chi connectivity index (χ2n) is 4.37. The number of hydrogen-bond acceptors (Lipinski definition) is 3. The summed E-state index contributed by atoms with van der Waals surface area (Å²) in [6.45, 7) is 5.82. The quantitative estimate of drug-likeness (QED) is 0.692. The fourth-order valence-electron chi connectivity index (χ4n) is 2.05. The van der Waals surface area contributed by atoms with Crippen molar-refractivity contribution in [1.29, 1.82) is 0 Å². The molecular weight excluding hydrogens is 190 g/mol. The Hall–Kier alpha value is -0.610. The Balaban J connectivity index is 2.16. The Labute approximate surface area is 92.2 Å². The van der Waals surface area contributed by atoms with Crippen molar-refractivity contribution >= 4 is 5.91 Å². The standard InChI is InChI=1S/C11H23N3O/c1-10(13-11(15)5-6-12)9-14-7-3-2-4-8-14/h10H,2-9,12H2,1H3,(H,13,15). The minimum absolute atomic E-state index is 0.0713. The van der Waals surface area contributed by atoms with E-state index in [9.17, 15) is 4.79 Å². The van der Waals surface area contributed by atoms with Gasteiger partial charge in [-0.25, -0.2) is 0 Å². The van der Waals surface area contributed by atoms with E-state index in [-0.39, 0.29) is 11.9 Å². The second-order valence-corrected chi connectivity index (χ2v) is 4.37. The van der Waals surface area contributed by atoms with E-state index in [1.807, 2.05) is 0 Å². The molecule has 0 radical (unpaired) electrons. The predicted octanol–water partition coefficient (Wildman–Crippen LogP) is 0.326. The van der Waals surface area contributed by atoms with Crippen molar-refractivity contribution in [2.24, 2.45) is 5.73 Å². The number of hydrogen-bond donors (Lipinski definition) is 2. The van der Waals surface area contributed by atoms with Gasteiger partial charge in [0.1, 0.15) is 0 Å². The Kier molecular flexibility index (Phi) is 5.65. The van der Waals surface area contributed by atoms with E-state index >= 15 is 0 Å². The molecule has 0 bridgehead atoms. The molecule has 1 unspecified atom stereocenters. The lowest BCUT2D eigenvalue weighted by atomic mass is 10.1. The zero-order valence-corrected chi connectivity index (χ0v) is 9.67. The molecule has 0 spiro atoms. The van der Waals surface area contributed by atoms with Crippen LogP contribution in [0.2, 0.25) is 0 Å². The van der Waals surface area contributed by atoms with Gasteiger partial charge in [-0.3, -0.25) is 4.79 Å². The highest BCUT2D eigenvalue weighted by Crippen LogP contribution is 2.08. The van der Waals surface area contributed by atoms with E-state index in [0.29, 0.717) is 13.0 Å². The average molecular weight is 213 g/mol. The van der Waals surface area contributed by atoms with E-state index in [4.69, 9.17) is 5.73 Å². The van der Waals surface area contributed by atoms with E-state index in [2.05, 4.69) is 17.1 Å². The molecule has 1 atom stereocenters.